The van der Waals surface area contributed by atoms with Crippen LogP contribution in [0.3, 0.4) is 0 Å². The maximum absolute atomic E-state index is 12.5. The van der Waals surface area contributed by atoms with Crippen LogP contribution in [0.4, 0.5) is 18.9 Å². The fourth-order valence-corrected chi connectivity index (χ4v) is 2.54. The smallest absolute Gasteiger partial charge is 0.374 e. The molecule has 0 aliphatic carbocycles. The number of benzene rings is 2. The number of alkyl halides is 3. The van der Waals surface area contributed by atoms with Crippen molar-refractivity contribution < 1.29 is 13.2 Å². The van der Waals surface area contributed by atoms with Gasteiger partial charge < -0.3 is 10.2 Å². The summed E-state index contributed by atoms with van der Waals surface area (Å²) in [5.74, 6) is 0. The minimum absolute atomic E-state index is 0.490. The van der Waals surface area contributed by atoms with E-state index in [2.05, 4.69) is 11.4 Å². The molecule has 0 atom stereocenters. The molecular weight excluding hydrogens is 339 g/mol. The van der Waals surface area contributed by atoms with E-state index in [1.165, 1.54) is 12.1 Å². The van der Waals surface area contributed by atoms with Crippen molar-refractivity contribution in [3.05, 3.63) is 65.2 Å². The lowest BCUT2D eigenvalue weighted by molar-refractivity contribution is -0.137. The van der Waals surface area contributed by atoms with Crippen molar-refractivity contribution in [2.45, 2.75) is 25.6 Å². The van der Waals surface area contributed by atoms with Gasteiger partial charge in [-0.05, 0) is 48.4 Å². The molecule has 0 saturated carbocycles. The predicted molar refractivity (Wildman–Crippen MR) is 96.8 cm³/mol. The van der Waals surface area contributed by atoms with Crippen LogP contribution in [-0.2, 0) is 19.1 Å². The summed E-state index contributed by atoms with van der Waals surface area (Å²) < 4.78 is 37.6. The lowest BCUT2D eigenvalue weighted by atomic mass is 10.1. The molecule has 0 unspecified atom stereocenters. The molecular formula is C20H22F3N3. The monoisotopic (exact) mass is 361 g/mol. The molecule has 0 heterocycles. The van der Waals surface area contributed by atoms with E-state index >= 15 is 0 Å². The summed E-state index contributed by atoms with van der Waals surface area (Å²) in [6.45, 7) is 2.08. The van der Waals surface area contributed by atoms with Crippen molar-refractivity contribution in [3.63, 3.8) is 0 Å². The Balaban J connectivity index is 1.75. The normalized spacial score (nSPS) is 11.2. The Bertz CT molecular complexity index is 716. The average molecular weight is 361 g/mol. The Hall–Kier alpha value is -2.52. The quantitative estimate of drug-likeness (QED) is 0.709. The lowest BCUT2D eigenvalue weighted by Gasteiger charge is -2.18. The zero-order valence-corrected chi connectivity index (χ0v) is 14.7. The molecule has 0 aliphatic heterocycles. The predicted octanol–water partition coefficient (Wildman–Crippen LogP) is 4.39. The van der Waals surface area contributed by atoms with Crippen LogP contribution >= 0.6 is 0 Å². The summed E-state index contributed by atoms with van der Waals surface area (Å²) in [5.41, 5.74) is 2.46. The molecule has 2 aromatic rings. The van der Waals surface area contributed by atoms with Gasteiger partial charge in [0.05, 0.1) is 18.1 Å². The fourth-order valence-electron chi connectivity index (χ4n) is 2.54. The Kier molecular flexibility index (Phi) is 7.05. The van der Waals surface area contributed by atoms with E-state index in [-0.39, 0.29) is 0 Å². The second-order valence-electron chi connectivity index (χ2n) is 6.12. The topological polar surface area (TPSA) is 39.1 Å². The second kappa shape index (κ2) is 9.25. The Morgan fingerprint density at radius 1 is 1.00 bits per heavy atom. The highest BCUT2D eigenvalue weighted by atomic mass is 19.4. The van der Waals surface area contributed by atoms with Crippen molar-refractivity contribution in [1.82, 2.24) is 5.32 Å². The zero-order valence-electron chi connectivity index (χ0n) is 14.7. The van der Waals surface area contributed by atoms with Crippen LogP contribution in [0.1, 0.15) is 23.1 Å². The van der Waals surface area contributed by atoms with Crippen LogP contribution in [0, 0.1) is 11.3 Å². The van der Waals surface area contributed by atoms with Gasteiger partial charge >= 0.3 is 6.18 Å². The summed E-state index contributed by atoms with van der Waals surface area (Å²) >= 11 is 0. The fraction of sp³-hybridized carbons (Fsp3) is 0.350. The van der Waals surface area contributed by atoms with Crippen molar-refractivity contribution in [1.29, 1.82) is 5.26 Å². The van der Waals surface area contributed by atoms with Crippen LogP contribution in [0.2, 0.25) is 0 Å². The first-order valence-corrected chi connectivity index (χ1v) is 8.44. The van der Waals surface area contributed by atoms with Crippen LogP contribution in [0.5, 0.6) is 0 Å². The van der Waals surface area contributed by atoms with Gasteiger partial charge in [-0.3, -0.25) is 0 Å². The summed E-state index contributed by atoms with van der Waals surface area (Å²) in [6, 6.07) is 15.5. The molecule has 138 valence electrons. The number of hydrogen-bond acceptors (Lipinski definition) is 3. The maximum atomic E-state index is 12.5. The number of nitrogens with zero attached hydrogens (tertiary/aromatic N) is 2. The van der Waals surface area contributed by atoms with Crippen molar-refractivity contribution in [2.24, 2.45) is 0 Å². The van der Waals surface area contributed by atoms with Gasteiger partial charge in [-0.15, -0.1) is 0 Å². The number of anilines is 1. The van der Waals surface area contributed by atoms with E-state index in [1.54, 1.807) is 0 Å². The van der Waals surface area contributed by atoms with E-state index in [0.717, 1.165) is 28.9 Å². The molecule has 2 rings (SSSR count). The molecule has 0 aliphatic rings. The van der Waals surface area contributed by atoms with Gasteiger partial charge in [-0.1, -0.05) is 24.3 Å². The molecule has 0 saturated heterocycles. The molecule has 0 amide bonds. The van der Waals surface area contributed by atoms with E-state index in [1.807, 2.05) is 36.2 Å². The second-order valence-corrected chi connectivity index (χ2v) is 6.12. The molecule has 0 fully saturated rings. The summed E-state index contributed by atoms with van der Waals surface area (Å²) in [7, 11) is 1.95. The van der Waals surface area contributed by atoms with E-state index in [9.17, 15) is 13.2 Å². The third-order valence-electron chi connectivity index (χ3n) is 4.14. The first kappa shape index (κ1) is 19.8. The summed E-state index contributed by atoms with van der Waals surface area (Å²) in [4.78, 5) is 2.03. The van der Waals surface area contributed by atoms with E-state index in [0.29, 0.717) is 32.5 Å². The highest BCUT2D eigenvalue weighted by Gasteiger charge is 2.29. The Morgan fingerprint density at radius 2 is 1.62 bits per heavy atom. The molecule has 2 aromatic carbocycles. The molecule has 0 radical (unpaired) electrons. The molecule has 3 nitrogen and oxygen atoms in total. The summed E-state index contributed by atoms with van der Waals surface area (Å²) in [5, 5.41) is 11.9. The Morgan fingerprint density at radius 3 is 2.19 bits per heavy atom. The highest BCUT2D eigenvalue weighted by Crippen LogP contribution is 2.29. The van der Waals surface area contributed by atoms with Crippen molar-refractivity contribution in [3.8, 4) is 6.07 Å². The minimum atomic E-state index is -4.29. The number of nitriles is 1. The standard InChI is InChI=1S/C20H22F3N3/c1-26(14-2-12-24)19-9-5-17(6-10-19)15-25-13-11-16-3-7-18(8-4-16)20(21,22)23/h3-10,25H,2,11,13-15H2,1H3. The van der Waals surface area contributed by atoms with Gasteiger partial charge in [0.2, 0.25) is 0 Å². The largest absolute Gasteiger partial charge is 0.416 e. The van der Waals surface area contributed by atoms with Gasteiger partial charge in [0, 0.05) is 25.8 Å². The van der Waals surface area contributed by atoms with E-state index < -0.39 is 11.7 Å². The average Bonchev–Trinajstić information content (AvgIpc) is 2.63. The van der Waals surface area contributed by atoms with Gasteiger partial charge in [0.15, 0.2) is 0 Å². The molecule has 0 spiro atoms. The molecule has 1 N–H and O–H groups in total. The molecule has 0 bridgehead atoms. The lowest BCUT2D eigenvalue weighted by Crippen LogP contribution is -2.19. The Labute approximate surface area is 152 Å². The van der Waals surface area contributed by atoms with Crippen molar-refractivity contribution >= 4 is 5.69 Å². The van der Waals surface area contributed by atoms with Gasteiger partial charge in [-0.2, -0.15) is 18.4 Å². The van der Waals surface area contributed by atoms with Crippen LogP contribution in [0.15, 0.2) is 48.5 Å². The minimum Gasteiger partial charge on any atom is -0.374 e. The highest BCUT2D eigenvalue weighted by molar-refractivity contribution is 5.46. The maximum Gasteiger partial charge on any atom is 0.416 e. The van der Waals surface area contributed by atoms with Gasteiger partial charge in [0.1, 0.15) is 0 Å². The number of halogens is 3. The number of hydrogen-bond donors (Lipinski definition) is 1. The first-order valence-electron chi connectivity index (χ1n) is 8.44. The third-order valence-corrected chi connectivity index (χ3v) is 4.14. The summed E-state index contributed by atoms with van der Waals surface area (Å²) in [6.07, 6.45) is -3.12. The number of rotatable bonds is 8. The van der Waals surface area contributed by atoms with Crippen LogP contribution in [-0.4, -0.2) is 20.1 Å². The van der Waals surface area contributed by atoms with Crippen molar-refractivity contribution in [2.75, 3.05) is 25.0 Å². The molecule has 26 heavy (non-hydrogen) atoms. The zero-order chi connectivity index (χ0) is 19.0. The van der Waals surface area contributed by atoms with Gasteiger partial charge in [0.25, 0.3) is 0 Å². The first-order chi connectivity index (χ1) is 12.4. The molecule has 0 aromatic heterocycles. The number of nitrogens with one attached hydrogen (secondary N) is 1. The SMILES string of the molecule is CN(CCC#N)c1ccc(CNCCc2ccc(C(F)(F)F)cc2)cc1. The third kappa shape index (κ3) is 6.08. The van der Waals surface area contributed by atoms with E-state index in [4.69, 9.17) is 5.26 Å². The van der Waals surface area contributed by atoms with Gasteiger partial charge in [-0.25, -0.2) is 0 Å². The van der Waals surface area contributed by atoms with Crippen LogP contribution in [0.25, 0.3) is 0 Å². The van der Waals surface area contributed by atoms with Crippen LogP contribution < -0.4 is 10.2 Å². The molecule has 6 heteroatoms.